The molecule has 2 aliphatic carbocycles. The van der Waals surface area contributed by atoms with Crippen LogP contribution >= 0.6 is 23.2 Å². The van der Waals surface area contributed by atoms with Crippen molar-refractivity contribution in [3.05, 3.63) is 128 Å². The Morgan fingerprint density at radius 2 is 1.10 bits per heavy atom. The van der Waals surface area contributed by atoms with Gasteiger partial charge in [0.25, 0.3) is 0 Å². The zero-order valence-corrected chi connectivity index (χ0v) is 28.5. The van der Waals surface area contributed by atoms with E-state index in [2.05, 4.69) is 10.6 Å². The second-order valence-electron chi connectivity index (χ2n) is 12.4. The maximum atomic E-state index is 13.6. The molecule has 2 aliphatic rings. The minimum Gasteiger partial charge on any atom is -0.386 e. The highest BCUT2D eigenvalue weighted by atomic mass is 35.5. The van der Waals surface area contributed by atoms with Crippen LogP contribution in [0.25, 0.3) is 24.3 Å². The molecule has 4 aromatic rings. The summed E-state index contributed by atoms with van der Waals surface area (Å²) in [6.45, 7) is 0. The highest BCUT2D eigenvalue weighted by Gasteiger charge is 2.33. The van der Waals surface area contributed by atoms with Crippen LogP contribution in [0.4, 0.5) is 28.9 Å². The van der Waals surface area contributed by atoms with Gasteiger partial charge in [-0.25, -0.2) is 14.0 Å². The van der Waals surface area contributed by atoms with Crippen LogP contribution in [0.15, 0.2) is 72.8 Å². The highest BCUT2D eigenvalue weighted by molar-refractivity contribution is 6.32. The summed E-state index contributed by atoms with van der Waals surface area (Å²) in [5.74, 6) is -3.74. The number of carbonyl (C=O) groups is 4. The molecule has 4 aromatic carbocycles. The molecule has 0 aromatic heterocycles. The Kier molecular flexibility index (Phi) is 10.6. The molecule has 266 valence electrons. The first-order valence-electron chi connectivity index (χ1n) is 16.1. The van der Waals surface area contributed by atoms with Crippen LogP contribution in [-0.2, 0) is 20.5 Å². The van der Waals surface area contributed by atoms with Gasteiger partial charge in [0.15, 0.2) is 0 Å². The molecule has 0 aliphatic heterocycles. The fourth-order valence-corrected chi connectivity index (χ4v) is 5.56. The molecule has 0 saturated heterocycles. The molecule has 0 heterocycles. The van der Waals surface area contributed by atoms with Gasteiger partial charge in [-0.2, -0.15) is 13.2 Å². The summed E-state index contributed by atoms with van der Waals surface area (Å²) in [6, 6.07) is 15.7. The molecular formula is C39H28Cl2F4N2O5. The third-order valence-corrected chi connectivity index (χ3v) is 8.98. The van der Waals surface area contributed by atoms with E-state index in [0.29, 0.717) is 42.4 Å². The smallest absolute Gasteiger partial charge is 0.386 e. The van der Waals surface area contributed by atoms with Crippen molar-refractivity contribution in [3.63, 3.8) is 0 Å². The lowest BCUT2D eigenvalue weighted by molar-refractivity contribution is -0.137. The predicted molar refractivity (Wildman–Crippen MR) is 191 cm³/mol. The maximum absolute atomic E-state index is 13.6. The number of hydrogen-bond donors (Lipinski definition) is 2. The molecule has 2 amide bonds. The summed E-state index contributed by atoms with van der Waals surface area (Å²) >= 11 is 12.2. The average Bonchev–Trinajstić information content (AvgIpc) is 4.01. The number of alkyl halides is 3. The van der Waals surface area contributed by atoms with Crippen LogP contribution in [0, 0.1) is 17.7 Å². The summed E-state index contributed by atoms with van der Waals surface area (Å²) < 4.78 is 58.1. The summed E-state index contributed by atoms with van der Waals surface area (Å²) in [5.41, 5.74) is 0.599. The molecule has 0 atom stereocenters. The van der Waals surface area contributed by atoms with Crippen molar-refractivity contribution >= 4 is 82.6 Å². The third-order valence-electron chi connectivity index (χ3n) is 8.33. The molecule has 0 unspecified atom stereocenters. The monoisotopic (exact) mass is 750 g/mol. The maximum Gasteiger partial charge on any atom is 0.416 e. The normalized spacial score (nSPS) is 14.4. The Labute approximate surface area is 305 Å². The molecule has 52 heavy (non-hydrogen) atoms. The number of benzene rings is 4. The molecule has 13 heteroatoms. The lowest BCUT2D eigenvalue weighted by Gasteiger charge is -2.14. The van der Waals surface area contributed by atoms with Crippen molar-refractivity contribution in [2.24, 2.45) is 11.8 Å². The SMILES string of the molecule is O=C(OC(=O)c1cc(C=Cc2ccc(C(F)(F)F)cc2Cl)ccc1NC(=O)C1CC1)c1cc(C=Cc2ccc(F)cc2Cl)ccc1NC(=O)C1CC1. The fourth-order valence-electron chi connectivity index (χ4n) is 5.09. The first-order chi connectivity index (χ1) is 24.7. The van der Waals surface area contributed by atoms with Crippen molar-refractivity contribution in [1.29, 1.82) is 0 Å². The molecule has 7 nitrogen and oxygen atoms in total. The van der Waals surface area contributed by atoms with E-state index in [1.807, 2.05) is 0 Å². The third kappa shape index (κ3) is 9.15. The lowest BCUT2D eigenvalue weighted by Crippen LogP contribution is -2.20. The zero-order chi connectivity index (χ0) is 37.2. The van der Waals surface area contributed by atoms with Gasteiger partial charge in [0, 0.05) is 16.9 Å². The standard InChI is InChI=1S/C39H28Cl2F4N2O5/c40-31-19-27(39(43,44)45)13-11-23(31)5-1-21-3-15-33(46-35(48)25-7-8-25)29(17-21)37(50)52-38(51)30-18-22(2-6-24-12-14-28(42)20-32(24)41)4-16-34(30)47-36(49)26-9-10-26/h1-6,11-20,25-26H,7-10H2,(H,46,48)(H,47,49). The van der Waals surface area contributed by atoms with Gasteiger partial charge in [0.05, 0.1) is 33.1 Å². The van der Waals surface area contributed by atoms with Crippen LogP contribution in [0.3, 0.4) is 0 Å². The summed E-state index contributed by atoms with van der Waals surface area (Å²) in [6.07, 6.45) is 4.36. The summed E-state index contributed by atoms with van der Waals surface area (Å²) in [7, 11) is 0. The van der Waals surface area contributed by atoms with Gasteiger partial charge in [-0.05, 0) is 96.5 Å². The second kappa shape index (κ2) is 15.1. The van der Waals surface area contributed by atoms with E-state index in [4.69, 9.17) is 27.9 Å². The van der Waals surface area contributed by atoms with Gasteiger partial charge < -0.3 is 15.4 Å². The fraction of sp³-hybridized carbons (Fsp3) is 0.179. The molecular weight excluding hydrogens is 723 g/mol. The minimum atomic E-state index is -4.57. The molecule has 2 fully saturated rings. The van der Waals surface area contributed by atoms with Crippen LogP contribution in [0.1, 0.15) is 74.2 Å². The Hall–Kier alpha value is -5.26. The van der Waals surface area contributed by atoms with Crippen molar-refractivity contribution in [3.8, 4) is 0 Å². The Bertz CT molecular complexity index is 2160. The van der Waals surface area contributed by atoms with Gasteiger partial charge in [0.2, 0.25) is 11.8 Å². The zero-order valence-electron chi connectivity index (χ0n) is 27.0. The number of ether oxygens (including phenoxy) is 1. The van der Waals surface area contributed by atoms with E-state index in [1.165, 1.54) is 54.6 Å². The van der Waals surface area contributed by atoms with Crippen molar-refractivity contribution in [2.75, 3.05) is 10.6 Å². The molecule has 0 spiro atoms. The number of amides is 2. The van der Waals surface area contributed by atoms with Crippen LogP contribution in [-0.4, -0.2) is 23.8 Å². The quantitative estimate of drug-likeness (QED) is 0.0727. The summed E-state index contributed by atoms with van der Waals surface area (Å²) in [4.78, 5) is 52.6. The molecule has 0 radical (unpaired) electrons. The Balaban J connectivity index is 1.28. The number of carbonyl (C=O) groups excluding carboxylic acids is 4. The van der Waals surface area contributed by atoms with Gasteiger partial charge in [-0.3, -0.25) is 9.59 Å². The summed E-state index contributed by atoms with van der Waals surface area (Å²) in [5, 5.41) is 5.44. The Morgan fingerprint density at radius 3 is 1.52 bits per heavy atom. The van der Waals surface area contributed by atoms with E-state index in [9.17, 15) is 36.7 Å². The van der Waals surface area contributed by atoms with Gasteiger partial charge in [-0.1, -0.05) is 71.8 Å². The first kappa shape index (κ1) is 36.5. The number of halogens is 6. The number of rotatable bonds is 10. The van der Waals surface area contributed by atoms with Crippen molar-refractivity contribution < 1.29 is 41.5 Å². The van der Waals surface area contributed by atoms with Crippen LogP contribution < -0.4 is 10.6 Å². The molecule has 0 bridgehead atoms. The number of hydrogen-bond acceptors (Lipinski definition) is 5. The van der Waals surface area contributed by atoms with E-state index >= 15 is 0 Å². The number of esters is 2. The first-order valence-corrected chi connectivity index (χ1v) is 16.8. The van der Waals surface area contributed by atoms with E-state index in [-0.39, 0.29) is 61.8 Å². The van der Waals surface area contributed by atoms with Gasteiger partial charge >= 0.3 is 18.1 Å². The van der Waals surface area contributed by atoms with E-state index in [0.717, 1.165) is 18.2 Å². The van der Waals surface area contributed by atoms with Crippen LogP contribution in [0.5, 0.6) is 0 Å². The Morgan fingerprint density at radius 1 is 0.635 bits per heavy atom. The topological polar surface area (TPSA) is 102 Å². The van der Waals surface area contributed by atoms with E-state index < -0.39 is 29.5 Å². The number of nitrogens with one attached hydrogen (secondary N) is 2. The van der Waals surface area contributed by atoms with Crippen molar-refractivity contribution in [1.82, 2.24) is 0 Å². The van der Waals surface area contributed by atoms with Gasteiger partial charge in [-0.15, -0.1) is 0 Å². The van der Waals surface area contributed by atoms with E-state index in [1.54, 1.807) is 24.3 Å². The minimum absolute atomic E-state index is 0.0783. The lowest BCUT2D eigenvalue weighted by atomic mass is 10.0. The molecule has 6 rings (SSSR count). The average molecular weight is 752 g/mol. The van der Waals surface area contributed by atoms with Crippen LogP contribution in [0.2, 0.25) is 10.0 Å². The largest absolute Gasteiger partial charge is 0.416 e. The molecule has 2 saturated carbocycles. The highest BCUT2D eigenvalue weighted by Crippen LogP contribution is 2.34. The van der Waals surface area contributed by atoms with Gasteiger partial charge in [0.1, 0.15) is 5.82 Å². The predicted octanol–water partition coefficient (Wildman–Crippen LogP) is 10.2. The number of anilines is 2. The second-order valence-corrected chi connectivity index (χ2v) is 13.2. The molecule has 2 N–H and O–H groups in total. The van der Waals surface area contributed by atoms with Crippen molar-refractivity contribution in [2.45, 2.75) is 31.9 Å².